The Balaban J connectivity index is 2.31. The minimum Gasteiger partial charge on any atom is -0.493 e. The Morgan fingerprint density at radius 2 is 1.69 bits per heavy atom. The van der Waals surface area contributed by atoms with E-state index in [1.807, 2.05) is 0 Å². The molecule has 0 aromatic heterocycles. The molecule has 150 valence electrons. The molecule has 8 nitrogen and oxygen atoms in total. The maximum Gasteiger partial charge on any atom is 0.340 e. The van der Waals surface area contributed by atoms with Crippen molar-refractivity contribution in [1.29, 1.82) is 5.26 Å². The van der Waals surface area contributed by atoms with Gasteiger partial charge in [-0.15, -0.1) is 0 Å². The summed E-state index contributed by atoms with van der Waals surface area (Å²) >= 11 is 0. The molecule has 0 radical (unpaired) electrons. The zero-order valence-corrected chi connectivity index (χ0v) is 15.9. The van der Waals surface area contributed by atoms with Crippen LogP contribution in [0.25, 0.3) is 0 Å². The molecule has 0 saturated heterocycles. The number of ether oxygens (including phenoxy) is 3. The van der Waals surface area contributed by atoms with E-state index in [9.17, 15) is 19.2 Å². The second-order valence-electron chi connectivity index (χ2n) is 5.52. The van der Waals surface area contributed by atoms with Crippen molar-refractivity contribution in [3.05, 3.63) is 59.6 Å². The molecule has 0 unspecified atom stereocenters. The van der Waals surface area contributed by atoms with E-state index < -0.39 is 17.7 Å². The predicted molar refractivity (Wildman–Crippen MR) is 103 cm³/mol. The highest BCUT2D eigenvalue weighted by molar-refractivity contribution is 6.07. The van der Waals surface area contributed by atoms with Crippen LogP contribution in [0.15, 0.2) is 48.2 Å². The molecule has 9 heteroatoms. The number of halogens is 1. The number of nitriles is 1. The van der Waals surface area contributed by atoms with E-state index in [2.05, 4.69) is 10.6 Å². The highest BCUT2D eigenvalue weighted by Crippen LogP contribution is 2.33. The lowest BCUT2D eigenvalue weighted by molar-refractivity contribution is -0.112. The summed E-state index contributed by atoms with van der Waals surface area (Å²) in [6.07, 6.45) is 1.13. The first-order chi connectivity index (χ1) is 13.9. The van der Waals surface area contributed by atoms with E-state index in [4.69, 9.17) is 14.2 Å². The fourth-order valence-corrected chi connectivity index (χ4v) is 2.31. The number of nitrogens with one attached hydrogen (secondary N) is 2. The zero-order valence-electron chi connectivity index (χ0n) is 15.9. The summed E-state index contributed by atoms with van der Waals surface area (Å²) in [6, 6.07) is 9.71. The molecule has 0 aliphatic carbocycles. The summed E-state index contributed by atoms with van der Waals surface area (Å²) in [5.41, 5.74) is 0.383. The maximum atomic E-state index is 13.0. The predicted octanol–water partition coefficient (Wildman–Crippen LogP) is 3.09. The van der Waals surface area contributed by atoms with Crippen molar-refractivity contribution in [1.82, 2.24) is 0 Å². The first-order valence-corrected chi connectivity index (χ1v) is 8.21. The van der Waals surface area contributed by atoms with Gasteiger partial charge in [-0.05, 0) is 24.3 Å². The third-order valence-corrected chi connectivity index (χ3v) is 3.77. The second-order valence-corrected chi connectivity index (χ2v) is 5.52. The van der Waals surface area contributed by atoms with Gasteiger partial charge in [-0.2, -0.15) is 5.26 Å². The molecule has 0 spiro atoms. The van der Waals surface area contributed by atoms with Crippen LogP contribution in [-0.4, -0.2) is 33.2 Å². The molecular weight excluding hydrogens is 381 g/mol. The van der Waals surface area contributed by atoms with E-state index in [1.165, 1.54) is 57.7 Å². The van der Waals surface area contributed by atoms with Gasteiger partial charge in [0, 0.05) is 24.0 Å². The Kier molecular flexibility index (Phi) is 7.14. The van der Waals surface area contributed by atoms with Gasteiger partial charge in [0.15, 0.2) is 11.5 Å². The largest absolute Gasteiger partial charge is 0.493 e. The Morgan fingerprint density at radius 3 is 2.24 bits per heavy atom. The van der Waals surface area contributed by atoms with E-state index in [1.54, 1.807) is 6.07 Å². The number of carbonyl (C=O) groups excluding carboxylic acids is 2. The highest BCUT2D eigenvalue weighted by Gasteiger charge is 2.18. The molecule has 2 N–H and O–H groups in total. The van der Waals surface area contributed by atoms with Gasteiger partial charge >= 0.3 is 5.97 Å². The van der Waals surface area contributed by atoms with Crippen molar-refractivity contribution in [2.24, 2.45) is 0 Å². The number of carbonyl (C=O) groups is 2. The number of rotatable bonds is 7. The number of benzene rings is 2. The molecule has 0 fully saturated rings. The lowest BCUT2D eigenvalue weighted by Gasteiger charge is -2.14. The average molecular weight is 399 g/mol. The number of esters is 1. The molecule has 0 heterocycles. The van der Waals surface area contributed by atoms with Gasteiger partial charge < -0.3 is 24.8 Å². The van der Waals surface area contributed by atoms with Crippen LogP contribution < -0.4 is 20.1 Å². The first kappa shape index (κ1) is 21.2. The normalized spacial score (nSPS) is 10.5. The number of nitrogens with zero attached hydrogens (tertiary/aromatic N) is 1. The Labute approximate surface area is 166 Å². The van der Waals surface area contributed by atoms with Gasteiger partial charge in [0.2, 0.25) is 0 Å². The van der Waals surface area contributed by atoms with Crippen LogP contribution in [-0.2, 0) is 9.53 Å². The van der Waals surface area contributed by atoms with Crippen molar-refractivity contribution < 1.29 is 28.2 Å². The third kappa shape index (κ3) is 5.23. The van der Waals surface area contributed by atoms with Crippen molar-refractivity contribution in [3.63, 3.8) is 0 Å². The van der Waals surface area contributed by atoms with Crippen LogP contribution in [0.3, 0.4) is 0 Å². The molecule has 29 heavy (non-hydrogen) atoms. The number of hydrogen-bond acceptors (Lipinski definition) is 7. The summed E-state index contributed by atoms with van der Waals surface area (Å²) in [5, 5.41) is 14.5. The van der Waals surface area contributed by atoms with Crippen LogP contribution in [0.4, 0.5) is 15.8 Å². The van der Waals surface area contributed by atoms with Gasteiger partial charge in [0.25, 0.3) is 5.91 Å². The average Bonchev–Trinajstić information content (AvgIpc) is 2.74. The Bertz CT molecular complexity index is 981. The molecule has 2 aromatic carbocycles. The van der Waals surface area contributed by atoms with Crippen LogP contribution in [0, 0.1) is 17.1 Å². The third-order valence-electron chi connectivity index (χ3n) is 3.77. The van der Waals surface area contributed by atoms with E-state index in [0.29, 0.717) is 17.2 Å². The molecule has 0 aliphatic rings. The lowest BCUT2D eigenvalue weighted by atomic mass is 10.1. The van der Waals surface area contributed by atoms with E-state index in [-0.39, 0.29) is 16.8 Å². The lowest BCUT2D eigenvalue weighted by Crippen LogP contribution is -2.15. The topological polar surface area (TPSA) is 110 Å². The molecule has 0 bridgehead atoms. The molecule has 0 saturated carbocycles. The Morgan fingerprint density at radius 1 is 1.07 bits per heavy atom. The van der Waals surface area contributed by atoms with Crippen LogP contribution in [0.2, 0.25) is 0 Å². The van der Waals surface area contributed by atoms with Gasteiger partial charge in [-0.3, -0.25) is 4.79 Å². The van der Waals surface area contributed by atoms with E-state index in [0.717, 1.165) is 6.20 Å². The van der Waals surface area contributed by atoms with Crippen LogP contribution in [0.1, 0.15) is 10.4 Å². The SMILES string of the molecule is COC(=O)c1cc(OC)c(OC)cc1N/C=C(/C#N)C(=O)Nc1ccc(F)cc1. The first-order valence-electron chi connectivity index (χ1n) is 8.21. The number of hydrogen-bond donors (Lipinski definition) is 2. The van der Waals surface area contributed by atoms with Crippen LogP contribution >= 0.6 is 0 Å². The van der Waals surface area contributed by atoms with Gasteiger partial charge in [-0.25, -0.2) is 9.18 Å². The van der Waals surface area contributed by atoms with Gasteiger partial charge in [0.05, 0.1) is 32.6 Å². The van der Waals surface area contributed by atoms with Crippen molar-refractivity contribution in [2.45, 2.75) is 0 Å². The van der Waals surface area contributed by atoms with Crippen molar-refractivity contribution >= 4 is 23.3 Å². The second kappa shape index (κ2) is 9.75. The molecule has 0 aliphatic heterocycles. The van der Waals surface area contributed by atoms with E-state index >= 15 is 0 Å². The fraction of sp³-hybridized carbons (Fsp3) is 0.150. The molecule has 1 amide bonds. The molecular formula is C20H18FN3O5. The molecule has 2 aromatic rings. The fourth-order valence-electron chi connectivity index (χ4n) is 2.31. The highest BCUT2D eigenvalue weighted by atomic mass is 19.1. The summed E-state index contributed by atoms with van der Waals surface area (Å²) in [7, 11) is 4.06. The Hall–Kier alpha value is -4.06. The quantitative estimate of drug-likeness (QED) is 0.418. The summed E-state index contributed by atoms with van der Waals surface area (Å²) < 4.78 is 28.1. The maximum absolute atomic E-state index is 13.0. The zero-order chi connectivity index (χ0) is 21.4. The summed E-state index contributed by atoms with van der Waals surface area (Å²) in [6.45, 7) is 0. The number of amides is 1. The van der Waals surface area contributed by atoms with Gasteiger partial charge in [-0.1, -0.05) is 0 Å². The minimum atomic E-state index is -0.716. The summed E-state index contributed by atoms with van der Waals surface area (Å²) in [5.74, 6) is -1.20. The standard InChI is InChI=1S/C20H18FN3O5/c1-27-17-8-15(20(26)29-3)16(9-18(17)28-2)23-11-12(10-22)19(25)24-14-6-4-13(21)5-7-14/h4-9,11,23H,1-3H3,(H,24,25)/b12-11-. The molecule has 2 rings (SSSR count). The van der Waals surface area contributed by atoms with Crippen molar-refractivity contribution in [3.8, 4) is 17.6 Å². The molecule has 0 atom stereocenters. The minimum absolute atomic E-state index is 0.109. The van der Waals surface area contributed by atoms with Crippen molar-refractivity contribution in [2.75, 3.05) is 32.0 Å². The smallest absolute Gasteiger partial charge is 0.340 e. The number of anilines is 2. The van der Waals surface area contributed by atoms with Crippen LogP contribution in [0.5, 0.6) is 11.5 Å². The van der Waals surface area contributed by atoms with Gasteiger partial charge in [0.1, 0.15) is 17.5 Å². The number of methoxy groups -OCH3 is 3. The summed E-state index contributed by atoms with van der Waals surface area (Å²) in [4.78, 5) is 24.3. The monoisotopic (exact) mass is 399 g/mol.